The number of hydrogen-bond donors (Lipinski definition) is 1. The van der Waals surface area contributed by atoms with Gasteiger partial charge in [-0.05, 0) is 60.1 Å². The van der Waals surface area contributed by atoms with E-state index in [-0.39, 0.29) is 17.9 Å². The van der Waals surface area contributed by atoms with Crippen molar-refractivity contribution in [3.05, 3.63) is 47.5 Å². The molecule has 4 heteroatoms. The van der Waals surface area contributed by atoms with Gasteiger partial charge in [-0.1, -0.05) is 19.9 Å². The van der Waals surface area contributed by atoms with Crippen LogP contribution in [0, 0.1) is 0 Å². The Bertz CT molecular complexity index is 842. The van der Waals surface area contributed by atoms with E-state index in [4.69, 9.17) is 4.74 Å². The van der Waals surface area contributed by atoms with Gasteiger partial charge in [-0.3, -0.25) is 4.79 Å². The SMILES string of the molecule is CN1C(=O)COc2cc(Nc3ccc4c(c3)CCCC4(C)C)ccc21. The molecule has 0 atom stereocenters. The Morgan fingerprint density at radius 3 is 2.72 bits per heavy atom. The molecule has 1 aliphatic carbocycles. The third-order valence-corrected chi connectivity index (χ3v) is 5.42. The van der Waals surface area contributed by atoms with Crippen molar-refractivity contribution in [1.29, 1.82) is 0 Å². The first-order chi connectivity index (χ1) is 11.9. The Morgan fingerprint density at radius 1 is 1.12 bits per heavy atom. The second-order valence-electron chi connectivity index (χ2n) is 7.66. The molecule has 0 fully saturated rings. The molecule has 0 bridgehead atoms. The van der Waals surface area contributed by atoms with Crippen LogP contribution in [0.1, 0.15) is 37.8 Å². The van der Waals surface area contributed by atoms with Crippen LogP contribution < -0.4 is 15.0 Å². The van der Waals surface area contributed by atoms with E-state index in [2.05, 4.69) is 37.4 Å². The molecule has 1 amide bonds. The topological polar surface area (TPSA) is 41.6 Å². The summed E-state index contributed by atoms with van der Waals surface area (Å²) in [5, 5.41) is 3.47. The number of aryl methyl sites for hydroxylation is 1. The normalized spacial score (nSPS) is 18.2. The van der Waals surface area contributed by atoms with Gasteiger partial charge in [-0.25, -0.2) is 0 Å². The molecule has 0 saturated carbocycles. The second-order valence-corrected chi connectivity index (χ2v) is 7.66. The highest BCUT2D eigenvalue weighted by atomic mass is 16.5. The zero-order chi connectivity index (χ0) is 17.6. The maximum absolute atomic E-state index is 11.7. The van der Waals surface area contributed by atoms with E-state index in [0.29, 0.717) is 0 Å². The minimum Gasteiger partial charge on any atom is -0.481 e. The van der Waals surface area contributed by atoms with E-state index in [9.17, 15) is 4.79 Å². The smallest absolute Gasteiger partial charge is 0.264 e. The molecule has 1 aliphatic heterocycles. The van der Waals surface area contributed by atoms with Gasteiger partial charge in [0.1, 0.15) is 5.75 Å². The zero-order valence-corrected chi connectivity index (χ0v) is 15.1. The summed E-state index contributed by atoms with van der Waals surface area (Å²) in [4.78, 5) is 13.3. The van der Waals surface area contributed by atoms with Crippen LogP contribution in [0.5, 0.6) is 5.75 Å². The number of carbonyl (C=O) groups excluding carboxylic acids is 1. The van der Waals surface area contributed by atoms with Crippen molar-refractivity contribution in [3.8, 4) is 5.75 Å². The number of carbonyl (C=O) groups is 1. The number of rotatable bonds is 2. The first-order valence-electron chi connectivity index (χ1n) is 8.88. The largest absolute Gasteiger partial charge is 0.481 e. The lowest BCUT2D eigenvalue weighted by atomic mass is 9.73. The van der Waals surface area contributed by atoms with Crippen LogP contribution in [0.4, 0.5) is 17.1 Å². The van der Waals surface area contributed by atoms with Gasteiger partial charge in [-0.2, -0.15) is 0 Å². The number of hydrogen-bond acceptors (Lipinski definition) is 3. The Hall–Kier alpha value is -2.49. The third kappa shape index (κ3) is 2.86. The lowest BCUT2D eigenvalue weighted by Crippen LogP contribution is -2.35. The quantitative estimate of drug-likeness (QED) is 0.884. The van der Waals surface area contributed by atoms with E-state index >= 15 is 0 Å². The summed E-state index contributed by atoms with van der Waals surface area (Å²) in [6.07, 6.45) is 3.65. The summed E-state index contributed by atoms with van der Waals surface area (Å²) in [5.41, 5.74) is 6.06. The van der Waals surface area contributed by atoms with Gasteiger partial charge in [-0.15, -0.1) is 0 Å². The summed E-state index contributed by atoms with van der Waals surface area (Å²) >= 11 is 0. The molecular weight excluding hydrogens is 312 g/mol. The predicted octanol–water partition coefficient (Wildman–Crippen LogP) is 4.40. The van der Waals surface area contributed by atoms with Crippen molar-refractivity contribution in [2.24, 2.45) is 0 Å². The molecule has 4 rings (SSSR count). The number of likely N-dealkylation sites (N-methyl/N-ethyl adjacent to an activating group) is 1. The first-order valence-corrected chi connectivity index (χ1v) is 8.88. The van der Waals surface area contributed by atoms with Crippen LogP contribution in [-0.2, 0) is 16.6 Å². The average molecular weight is 336 g/mol. The van der Waals surface area contributed by atoms with E-state index < -0.39 is 0 Å². The lowest BCUT2D eigenvalue weighted by Gasteiger charge is -2.33. The Labute approximate surface area is 148 Å². The van der Waals surface area contributed by atoms with Crippen molar-refractivity contribution in [2.75, 3.05) is 23.9 Å². The summed E-state index contributed by atoms with van der Waals surface area (Å²) in [7, 11) is 1.78. The molecule has 25 heavy (non-hydrogen) atoms. The molecule has 0 radical (unpaired) electrons. The summed E-state index contributed by atoms with van der Waals surface area (Å²) in [6, 6.07) is 12.6. The van der Waals surface area contributed by atoms with Crippen LogP contribution in [0.15, 0.2) is 36.4 Å². The van der Waals surface area contributed by atoms with Gasteiger partial charge >= 0.3 is 0 Å². The summed E-state index contributed by atoms with van der Waals surface area (Å²) < 4.78 is 5.57. The number of nitrogens with one attached hydrogen (secondary N) is 1. The van der Waals surface area contributed by atoms with Crippen molar-refractivity contribution >= 4 is 23.0 Å². The summed E-state index contributed by atoms with van der Waals surface area (Å²) in [5.74, 6) is 0.719. The van der Waals surface area contributed by atoms with E-state index in [1.807, 2.05) is 18.2 Å². The molecule has 1 N–H and O–H groups in total. The Kier molecular flexibility index (Phi) is 3.71. The number of anilines is 3. The van der Waals surface area contributed by atoms with Gasteiger partial charge in [0.25, 0.3) is 5.91 Å². The molecule has 4 nitrogen and oxygen atoms in total. The van der Waals surface area contributed by atoms with Crippen LogP contribution in [0.3, 0.4) is 0 Å². The van der Waals surface area contributed by atoms with Gasteiger partial charge in [0.05, 0.1) is 5.69 Å². The highest BCUT2D eigenvalue weighted by Gasteiger charge is 2.27. The summed E-state index contributed by atoms with van der Waals surface area (Å²) in [6.45, 7) is 4.76. The van der Waals surface area contributed by atoms with Gasteiger partial charge in [0, 0.05) is 24.5 Å². The molecule has 0 saturated heterocycles. The van der Waals surface area contributed by atoms with Crippen LogP contribution >= 0.6 is 0 Å². The standard InChI is InChI=1S/C21H24N2O2/c1-21(2)10-4-5-14-11-15(6-8-17(14)21)22-16-7-9-18-19(12-16)25-13-20(24)23(18)3/h6-9,11-12,22H,4-5,10,13H2,1-3H3. The van der Waals surface area contributed by atoms with E-state index in [1.54, 1.807) is 11.9 Å². The highest BCUT2D eigenvalue weighted by Crippen LogP contribution is 2.39. The van der Waals surface area contributed by atoms with Crippen molar-refractivity contribution < 1.29 is 9.53 Å². The molecule has 130 valence electrons. The van der Waals surface area contributed by atoms with E-state index in [0.717, 1.165) is 29.2 Å². The third-order valence-electron chi connectivity index (χ3n) is 5.42. The van der Waals surface area contributed by atoms with Crippen molar-refractivity contribution in [2.45, 2.75) is 38.5 Å². The minimum atomic E-state index is -0.0227. The zero-order valence-electron chi connectivity index (χ0n) is 15.1. The van der Waals surface area contributed by atoms with Crippen molar-refractivity contribution in [1.82, 2.24) is 0 Å². The van der Waals surface area contributed by atoms with E-state index in [1.165, 1.54) is 24.0 Å². The van der Waals surface area contributed by atoms with Gasteiger partial charge in [0.15, 0.2) is 6.61 Å². The highest BCUT2D eigenvalue weighted by molar-refractivity contribution is 5.97. The average Bonchev–Trinajstić information content (AvgIpc) is 2.58. The maximum atomic E-state index is 11.7. The fourth-order valence-electron chi connectivity index (χ4n) is 3.92. The molecular formula is C21H24N2O2. The number of amides is 1. The van der Waals surface area contributed by atoms with Gasteiger partial charge < -0.3 is 15.0 Å². The molecule has 2 aliphatic rings. The van der Waals surface area contributed by atoms with Crippen LogP contribution in [-0.4, -0.2) is 19.6 Å². The van der Waals surface area contributed by atoms with Crippen LogP contribution in [0.25, 0.3) is 0 Å². The molecule has 1 heterocycles. The Morgan fingerprint density at radius 2 is 1.88 bits per heavy atom. The predicted molar refractivity (Wildman–Crippen MR) is 101 cm³/mol. The van der Waals surface area contributed by atoms with Gasteiger partial charge in [0.2, 0.25) is 0 Å². The Balaban J connectivity index is 1.60. The second kappa shape index (κ2) is 5.80. The monoisotopic (exact) mass is 336 g/mol. The molecule has 2 aromatic rings. The van der Waals surface area contributed by atoms with Crippen molar-refractivity contribution in [3.63, 3.8) is 0 Å². The fourth-order valence-corrected chi connectivity index (χ4v) is 3.92. The number of nitrogens with zero attached hydrogens (tertiary/aromatic N) is 1. The minimum absolute atomic E-state index is 0.0227. The van der Waals surface area contributed by atoms with Crippen LogP contribution in [0.2, 0.25) is 0 Å². The maximum Gasteiger partial charge on any atom is 0.264 e. The number of fused-ring (bicyclic) bond motifs is 2. The first kappa shape index (κ1) is 16.0. The molecule has 0 aromatic heterocycles. The fraction of sp³-hybridized carbons (Fsp3) is 0.381. The number of benzene rings is 2. The molecule has 2 aromatic carbocycles. The lowest BCUT2D eigenvalue weighted by molar-refractivity contribution is -0.120. The molecule has 0 spiro atoms. The molecule has 0 unspecified atom stereocenters. The number of ether oxygens (including phenoxy) is 1.